The van der Waals surface area contributed by atoms with Crippen molar-refractivity contribution in [3.63, 3.8) is 0 Å². The number of benzene rings is 2. The molecule has 1 amide bonds. The molecule has 3 heterocycles. The first kappa shape index (κ1) is 23.1. The van der Waals surface area contributed by atoms with Crippen molar-refractivity contribution >= 4 is 69.7 Å². The van der Waals surface area contributed by atoms with Gasteiger partial charge in [0.25, 0.3) is 5.91 Å². The van der Waals surface area contributed by atoms with Crippen LogP contribution in [0.25, 0.3) is 23.1 Å². The summed E-state index contributed by atoms with van der Waals surface area (Å²) >= 11 is 13.5. The fraction of sp³-hybridized carbons (Fsp3) is 0. The van der Waals surface area contributed by atoms with Crippen LogP contribution in [0.3, 0.4) is 0 Å². The summed E-state index contributed by atoms with van der Waals surface area (Å²) in [4.78, 5) is 23.1. The van der Waals surface area contributed by atoms with Gasteiger partial charge in [0.05, 0.1) is 32.5 Å². The van der Waals surface area contributed by atoms with Crippen LogP contribution in [0.4, 0.5) is 5.82 Å². The van der Waals surface area contributed by atoms with E-state index in [-0.39, 0.29) is 16.7 Å². The largest absolute Gasteiger partial charge is 0.305 e. The van der Waals surface area contributed by atoms with Gasteiger partial charge in [0, 0.05) is 27.6 Å². The topological polar surface area (TPSA) is 83.6 Å². The average molecular weight is 518 g/mol. The van der Waals surface area contributed by atoms with E-state index >= 15 is 0 Å². The number of halogens is 2. The third-order valence-corrected chi connectivity index (χ3v) is 6.62. The number of nitrogens with zero attached hydrogens (tertiary/aromatic N) is 3. The van der Waals surface area contributed by atoms with Gasteiger partial charge >= 0.3 is 0 Å². The van der Waals surface area contributed by atoms with E-state index in [1.54, 1.807) is 12.3 Å². The number of rotatable bonds is 6. The number of fused-ring (bicyclic) bond motifs is 1. The number of pyridine rings is 2. The van der Waals surface area contributed by atoms with Crippen molar-refractivity contribution in [3.05, 3.63) is 106 Å². The van der Waals surface area contributed by atoms with Crippen LogP contribution in [0.2, 0.25) is 10.0 Å². The van der Waals surface area contributed by atoms with E-state index in [1.165, 1.54) is 24.0 Å². The van der Waals surface area contributed by atoms with Gasteiger partial charge in [-0.25, -0.2) is 4.98 Å². The molecule has 0 spiro atoms. The fourth-order valence-electron chi connectivity index (χ4n) is 3.40. The highest BCUT2D eigenvalue weighted by atomic mass is 35.5. The van der Waals surface area contributed by atoms with Gasteiger partial charge < -0.3 is 5.32 Å². The van der Waals surface area contributed by atoms with Gasteiger partial charge in [-0.3, -0.25) is 14.9 Å². The lowest BCUT2D eigenvalue weighted by atomic mass is 10.2. The predicted molar refractivity (Wildman–Crippen MR) is 142 cm³/mol. The molecule has 0 aliphatic rings. The van der Waals surface area contributed by atoms with Crippen LogP contribution in [-0.4, -0.2) is 26.1 Å². The molecule has 0 radical (unpaired) electrons. The molecule has 5 rings (SSSR count). The molecule has 0 unspecified atom stereocenters. The molecule has 3 aromatic heterocycles. The number of hydrogen-bond donors (Lipinski definition) is 2. The van der Waals surface area contributed by atoms with E-state index in [9.17, 15) is 4.79 Å². The summed E-state index contributed by atoms with van der Waals surface area (Å²) in [5.41, 5.74) is 3.10. The Morgan fingerprint density at radius 3 is 2.66 bits per heavy atom. The second-order valence-electron chi connectivity index (χ2n) is 7.44. The van der Waals surface area contributed by atoms with Crippen molar-refractivity contribution in [2.75, 3.05) is 5.32 Å². The molecule has 5 aromatic rings. The maximum absolute atomic E-state index is 13.0. The monoisotopic (exact) mass is 517 g/mol. The Bertz CT molecular complexity index is 1550. The number of anilines is 1. The number of aromatic nitrogens is 4. The molecule has 0 aliphatic carbocycles. The lowest BCUT2D eigenvalue weighted by molar-refractivity contribution is 0.102. The summed E-state index contributed by atoms with van der Waals surface area (Å²) in [5, 5.41) is 11.9. The van der Waals surface area contributed by atoms with Crippen molar-refractivity contribution in [1.82, 2.24) is 20.2 Å². The molecule has 0 atom stereocenters. The minimum absolute atomic E-state index is 0.256. The Balaban J connectivity index is 1.37. The van der Waals surface area contributed by atoms with Gasteiger partial charge in [-0.2, -0.15) is 5.10 Å². The highest BCUT2D eigenvalue weighted by molar-refractivity contribution is 7.99. The predicted octanol–water partition coefficient (Wildman–Crippen LogP) is 7.23. The third kappa shape index (κ3) is 5.38. The Morgan fingerprint density at radius 1 is 0.971 bits per heavy atom. The molecule has 0 aliphatic heterocycles. The number of hydrogen-bond acceptors (Lipinski definition) is 5. The standard InChI is InChI=1S/C26H17Cl2N5OS/c27-16-13-21(28)25(30-15-16)31-26(34)20-6-1-2-7-24(20)35-18-9-10-19-22(32-33-23(19)14-18)11-8-17-5-3-4-12-29-17/h1-15H,(H,32,33)(H,30,31,34)/b11-8+. The van der Waals surface area contributed by atoms with E-state index in [0.717, 1.165) is 32.1 Å². The van der Waals surface area contributed by atoms with Crippen LogP contribution in [0.5, 0.6) is 0 Å². The first-order valence-electron chi connectivity index (χ1n) is 10.5. The molecule has 0 saturated heterocycles. The first-order valence-corrected chi connectivity index (χ1v) is 12.1. The normalized spacial score (nSPS) is 11.3. The molecule has 172 valence electrons. The Morgan fingerprint density at radius 2 is 1.83 bits per heavy atom. The number of amides is 1. The molecule has 0 bridgehead atoms. The summed E-state index contributed by atoms with van der Waals surface area (Å²) in [7, 11) is 0. The van der Waals surface area contributed by atoms with Gasteiger partial charge in [-0.15, -0.1) is 0 Å². The summed E-state index contributed by atoms with van der Waals surface area (Å²) in [6, 6.07) is 20.7. The molecule has 6 nitrogen and oxygen atoms in total. The van der Waals surface area contributed by atoms with Gasteiger partial charge in [-0.05, 0) is 60.7 Å². The lowest BCUT2D eigenvalue weighted by Gasteiger charge is -2.10. The molecule has 2 aromatic carbocycles. The van der Waals surface area contributed by atoms with Crippen molar-refractivity contribution in [2.24, 2.45) is 0 Å². The number of carbonyl (C=O) groups excluding carboxylic acids is 1. The van der Waals surface area contributed by atoms with E-state index in [1.807, 2.05) is 66.7 Å². The molecule has 9 heteroatoms. The van der Waals surface area contributed by atoms with Crippen LogP contribution >= 0.6 is 35.0 Å². The Kier molecular flexibility index (Phi) is 6.81. The summed E-state index contributed by atoms with van der Waals surface area (Å²) < 4.78 is 0. The number of nitrogens with one attached hydrogen (secondary N) is 2. The number of aromatic amines is 1. The number of carbonyl (C=O) groups is 1. The molecular weight excluding hydrogens is 501 g/mol. The highest BCUT2D eigenvalue weighted by Crippen LogP contribution is 2.33. The zero-order chi connectivity index (χ0) is 24.2. The number of H-pyrrole nitrogens is 1. The second-order valence-corrected chi connectivity index (χ2v) is 9.40. The lowest BCUT2D eigenvalue weighted by Crippen LogP contribution is -2.14. The van der Waals surface area contributed by atoms with Crippen molar-refractivity contribution in [3.8, 4) is 0 Å². The zero-order valence-electron chi connectivity index (χ0n) is 18.1. The highest BCUT2D eigenvalue weighted by Gasteiger charge is 2.15. The minimum atomic E-state index is -0.311. The fourth-order valence-corrected chi connectivity index (χ4v) is 4.81. The van der Waals surface area contributed by atoms with E-state index in [4.69, 9.17) is 23.2 Å². The van der Waals surface area contributed by atoms with Crippen LogP contribution in [0, 0.1) is 0 Å². The SMILES string of the molecule is O=C(Nc1ncc(Cl)cc1Cl)c1ccccc1Sc1ccc2c(/C=C/c3ccccn3)n[nH]c2c1. The Labute approximate surface area is 215 Å². The van der Waals surface area contributed by atoms with E-state index in [2.05, 4.69) is 25.5 Å². The van der Waals surface area contributed by atoms with Crippen LogP contribution < -0.4 is 5.32 Å². The quantitative estimate of drug-likeness (QED) is 0.248. The maximum Gasteiger partial charge on any atom is 0.258 e. The van der Waals surface area contributed by atoms with E-state index < -0.39 is 0 Å². The zero-order valence-corrected chi connectivity index (χ0v) is 20.4. The van der Waals surface area contributed by atoms with Gasteiger partial charge in [-0.1, -0.05) is 53.2 Å². The van der Waals surface area contributed by atoms with E-state index in [0.29, 0.717) is 10.6 Å². The van der Waals surface area contributed by atoms with Gasteiger partial charge in [0.1, 0.15) is 0 Å². The van der Waals surface area contributed by atoms with Crippen LogP contribution in [0.1, 0.15) is 21.7 Å². The van der Waals surface area contributed by atoms with Crippen molar-refractivity contribution in [2.45, 2.75) is 9.79 Å². The minimum Gasteiger partial charge on any atom is -0.305 e. The Hall–Kier alpha value is -3.65. The van der Waals surface area contributed by atoms with Crippen molar-refractivity contribution < 1.29 is 4.79 Å². The van der Waals surface area contributed by atoms with Crippen LogP contribution in [0.15, 0.2) is 88.9 Å². The van der Waals surface area contributed by atoms with Gasteiger partial charge in [0.2, 0.25) is 0 Å². The molecule has 35 heavy (non-hydrogen) atoms. The molecular formula is C26H17Cl2N5OS. The summed E-state index contributed by atoms with van der Waals surface area (Å²) in [6.07, 6.45) is 7.05. The molecule has 0 saturated carbocycles. The van der Waals surface area contributed by atoms with Crippen LogP contribution in [-0.2, 0) is 0 Å². The molecule has 2 N–H and O–H groups in total. The van der Waals surface area contributed by atoms with Crippen molar-refractivity contribution in [1.29, 1.82) is 0 Å². The first-order chi connectivity index (χ1) is 17.1. The van der Waals surface area contributed by atoms with Gasteiger partial charge in [0.15, 0.2) is 5.82 Å². The second kappa shape index (κ2) is 10.3. The summed E-state index contributed by atoms with van der Waals surface area (Å²) in [5.74, 6) is -0.0552. The smallest absolute Gasteiger partial charge is 0.258 e. The average Bonchev–Trinajstić information content (AvgIpc) is 3.27. The third-order valence-electron chi connectivity index (χ3n) is 5.06. The summed E-state index contributed by atoms with van der Waals surface area (Å²) in [6.45, 7) is 0. The molecule has 0 fully saturated rings. The maximum atomic E-state index is 13.0.